The molecule has 13 heavy (non-hydrogen) atoms. The van der Waals surface area contributed by atoms with Crippen molar-refractivity contribution in [3.8, 4) is 0 Å². The molecule has 3 heteroatoms. The summed E-state index contributed by atoms with van der Waals surface area (Å²) in [5.41, 5.74) is 8.46. The predicted molar refractivity (Wildman–Crippen MR) is 52.4 cm³/mol. The molecule has 1 aliphatic carbocycles. The van der Waals surface area contributed by atoms with Crippen LogP contribution >= 0.6 is 0 Å². The molecule has 3 nitrogen and oxygen atoms in total. The first-order valence-corrected chi connectivity index (χ1v) is 4.79. The predicted octanol–water partition coefficient (Wildman–Crippen LogP) is 1.42. The lowest BCUT2D eigenvalue weighted by atomic mass is 10.1. The van der Waals surface area contributed by atoms with Gasteiger partial charge in [0, 0.05) is 11.6 Å². The fourth-order valence-corrected chi connectivity index (χ4v) is 2.41. The Morgan fingerprint density at radius 1 is 1.62 bits per heavy atom. The second-order valence-corrected chi connectivity index (χ2v) is 4.55. The summed E-state index contributed by atoms with van der Waals surface area (Å²) in [5.74, 6) is 1.17. The summed E-state index contributed by atoms with van der Waals surface area (Å²) < 4.78 is 0. The van der Waals surface area contributed by atoms with Crippen LogP contribution in [0.2, 0.25) is 0 Å². The Balaban J connectivity index is 2.26. The smallest absolute Gasteiger partial charge is 0.0925 e. The summed E-state index contributed by atoms with van der Waals surface area (Å²) in [7, 11) is 0. The summed E-state index contributed by atoms with van der Waals surface area (Å²) in [4.78, 5) is 7.48. The number of hydrogen-bond acceptors (Lipinski definition) is 2. The molecule has 1 heterocycles. The van der Waals surface area contributed by atoms with Crippen molar-refractivity contribution in [2.24, 2.45) is 17.1 Å². The van der Waals surface area contributed by atoms with Gasteiger partial charge < -0.3 is 10.7 Å². The van der Waals surface area contributed by atoms with E-state index >= 15 is 0 Å². The molecule has 2 rings (SSSR count). The lowest BCUT2D eigenvalue weighted by molar-refractivity contribution is 0.557. The summed E-state index contributed by atoms with van der Waals surface area (Å²) >= 11 is 0. The van der Waals surface area contributed by atoms with Crippen LogP contribution in [-0.2, 0) is 0 Å². The second-order valence-electron chi connectivity index (χ2n) is 4.55. The average molecular weight is 179 g/mol. The van der Waals surface area contributed by atoms with E-state index in [9.17, 15) is 0 Å². The SMILES string of the molecule is Cc1[nH]cnc1C1C(CN)C1(C)C. The van der Waals surface area contributed by atoms with E-state index in [1.165, 1.54) is 11.4 Å². The van der Waals surface area contributed by atoms with Gasteiger partial charge in [0.05, 0.1) is 12.0 Å². The Bertz CT molecular complexity index is 314. The molecular formula is C10H17N3. The van der Waals surface area contributed by atoms with Gasteiger partial charge in [-0.25, -0.2) is 4.98 Å². The first-order chi connectivity index (χ1) is 6.09. The fraction of sp³-hybridized carbons (Fsp3) is 0.700. The normalized spacial score (nSPS) is 30.5. The van der Waals surface area contributed by atoms with Crippen LogP contribution in [-0.4, -0.2) is 16.5 Å². The minimum Gasteiger partial charge on any atom is -0.348 e. The van der Waals surface area contributed by atoms with E-state index in [-0.39, 0.29) is 0 Å². The zero-order valence-corrected chi connectivity index (χ0v) is 8.46. The van der Waals surface area contributed by atoms with E-state index in [1.807, 2.05) is 0 Å². The van der Waals surface area contributed by atoms with Gasteiger partial charge in [0.1, 0.15) is 0 Å². The average Bonchev–Trinajstić information content (AvgIpc) is 2.41. The summed E-state index contributed by atoms with van der Waals surface area (Å²) in [5, 5.41) is 0. The van der Waals surface area contributed by atoms with Crippen LogP contribution in [0.3, 0.4) is 0 Å². The van der Waals surface area contributed by atoms with Crippen LogP contribution in [0.15, 0.2) is 6.33 Å². The number of rotatable bonds is 2. The number of aromatic amines is 1. The maximum Gasteiger partial charge on any atom is 0.0925 e. The highest BCUT2D eigenvalue weighted by atomic mass is 14.9. The highest BCUT2D eigenvalue weighted by Gasteiger charge is 2.58. The van der Waals surface area contributed by atoms with Crippen molar-refractivity contribution in [3.05, 3.63) is 17.7 Å². The number of aromatic nitrogens is 2. The molecule has 1 fully saturated rings. The van der Waals surface area contributed by atoms with E-state index in [2.05, 4.69) is 30.7 Å². The van der Waals surface area contributed by atoms with Crippen molar-refractivity contribution in [3.63, 3.8) is 0 Å². The Kier molecular flexibility index (Phi) is 1.74. The molecule has 1 aliphatic rings. The second kappa shape index (κ2) is 2.58. The van der Waals surface area contributed by atoms with Crippen molar-refractivity contribution in [2.75, 3.05) is 6.54 Å². The van der Waals surface area contributed by atoms with Gasteiger partial charge in [-0.05, 0) is 24.8 Å². The molecule has 0 bridgehead atoms. The number of nitrogens with zero attached hydrogens (tertiary/aromatic N) is 1. The quantitative estimate of drug-likeness (QED) is 0.721. The topological polar surface area (TPSA) is 54.7 Å². The maximum absolute atomic E-state index is 5.72. The molecule has 0 aromatic carbocycles. The third-order valence-electron chi connectivity index (χ3n) is 3.47. The molecule has 0 saturated heterocycles. The molecule has 1 saturated carbocycles. The molecule has 72 valence electrons. The van der Waals surface area contributed by atoms with Gasteiger partial charge in [-0.2, -0.15) is 0 Å². The van der Waals surface area contributed by atoms with Gasteiger partial charge in [0.25, 0.3) is 0 Å². The van der Waals surface area contributed by atoms with Crippen LogP contribution in [0.4, 0.5) is 0 Å². The maximum atomic E-state index is 5.72. The number of hydrogen-bond donors (Lipinski definition) is 2. The van der Waals surface area contributed by atoms with Crippen molar-refractivity contribution in [1.82, 2.24) is 9.97 Å². The molecule has 0 radical (unpaired) electrons. The Morgan fingerprint density at radius 3 is 2.69 bits per heavy atom. The lowest BCUT2D eigenvalue weighted by Crippen LogP contribution is -2.05. The molecule has 1 aromatic rings. The first kappa shape index (κ1) is 8.75. The van der Waals surface area contributed by atoms with E-state index in [4.69, 9.17) is 5.73 Å². The summed E-state index contributed by atoms with van der Waals surface area (Å²) in [6, 6.07) is 0. The summed E-state index contributed by atoms with van der Waals surface area (Å²) in [6.45, 7) is 7.38. The zero-order valence-electron chi connectivity index (χ0n) is 8.46. The fourth-order valence-electron chi connectivity index (χ4n) is 2.41. The van der Waals surface area contributed by atoms with Gasteiger partial charge in [0.15, 0.2) is 0 Å². The number of nitrogens with two attached hydrogens (primary N) is 1. The third-order valence-corrected chi connectivity index (χ3v) is 3.47. The first-order valence-electron chi connectivity index (χ1n) is 4.79. The molecule has 2 unspecified atom stereocenters. The van der Waals surface area contributed by atoms with Crippen LogP contribution in [0.5, 0.6) is 0 Å². The van der Waals surface area contributed by atoms with Crippen molar-refractivity contribution < 1.29 is 0 Å². The lowest BCUT2D eigenvalue weighted by Gasteiger charge is -1.99. The molecule has 0 amide bonds. The van der Waals surface area contributed by atoms with Gasteiger partial charge >= 0.3 is 0 Å². The Labute approximate surface area is 78.7 Å². The Hall–Kier alpha value is -0.830. The molecular weight excluding hydrogens is 162 g/mol. The number of imidazole rings is 1. The number of aryl methyl sites for hydroxylation is 1. The molecule has 0 aliphatic heterocycles. The van der Waals surface area contributed by atoms with Crippen LogP contribution < -0.4 is 5.73 Å². The van der Waals surface area contributed by atoms with Gasteiger partial charge in [-0.1, -0.05) is 13.8 Å². The number of H-pyrrole nitrogens is 1. The van der Waals surface area contributed by atoms with Gasteiger partial charge in [0.2, 0.25) is 0 Å². The molecule has 0 spiro atoms. The van der Waals surface area contributed by atoms with E-state index in [0.29, 0.717) is 17.3 Å². The minimum absolute atomic E-state index is 0.342. The highest BCUT2D eigenvalue weighted by Crippen LogP contribution is 2.63. The molecule has 3 N–H and O–H groups in total. The van der Waals surface area contributed by atoms with Gasteiger partial charge in [-0.3, -0.25) is 0 Å². The molecule has 1 aromatic heterocycles. The number of nitrogens with one attached hydrogen (secondary N) is 1. The summed E-state index contributed by atoms with van der Waals surface area (Å²) in [6.07, 6.45) is 1.77. The monoisotopic (exact) mass is 179 g/mol. The van der Waals surface area contributed by atoms with Crippen molar-refractivity contribution in [2.45, 2.75) is 26.7 Å². The zero-order chi connectivity index (χ0) is 9.64. The van der Waals surface area contributed by atoms with E-state index in [0.717, 1.165) is 6.54 Å². The van der Waals surface area contributed by atoms with Crippen molar-refractivity contribution in [1.29, 1.82) is 0 Å². The highest BCUT2D eigenvalue weighted by molar-refractivity contribution is 5.29. The standard InChI is InChI=1S/C10H17N3/c1-6-9(13-5-12-6)8-7(4-11)10(8,2)3/h5,7-8H,4,11H2,1-3H3,(H,12,13). The largest absolute Gasteiger partial charge is 0.348 e. The Morgan fingerprint density at radius 2 is 2.31 bits per heavy atom. The van der Waals surface area contributed by atoms with E-state index in [1.54, 1.807) is 6.33 Å². The van der Waals surface area contributed by atoms with Gasteiger partial charge in [-0.15, -0.1) is 0 Å². The van der Waals surface area contributed by atoms with Crippen LogP contribution in [0.25, 0.3) is 0 Å². The minimum atomic E-state index is 0.342. The molecule has 2 atom stereocenters. The van der Waals surface area contributed by atoms with Crippen molar-refractivity contribution >= 4 is 0 Å². The van der Waals surface area contributed by atoms with E-state index < -0.39 is 0 Å². The van der Waals surface area contributed by atoms with Crippen LogP contribution in [0.1, 0.15) is 31.2 Å². The van der Waals surface area contributed by atoms with Crippen LogP contribution in [0, 0.1) is 18.3 Å². The third kappa shape index (κ3) is 1.10.